The molecule has 0 radical (unpaired) electrons. The maximum atomic E-state index is 12.0. The first-order chi connectivity index (χ1) is 9.55. The highest BCUT2D eigenvalue weighted by atomic mass is 16.6. The Hall–Kier alpha value is -1.77. The maximum absolute atomic E-state index is 12.0. The van der Waals surface area contributed by atoms with E-state index in [0.717, 1.165) is 0 Å². The fourth-order valence-corrected chi connectivity index (χ4v) is 2.34. The molecule has 0 aromatic carbocycles. The zero-order chi connectivity index (χ0) is 14.7. The van der Waals surface area contributed by atoms with Gasteiger partial charge in [0.05, 0.1) is 35.6 Å². The standard InChI is InChI=1S/C12H17N3O5/c1-19-11-6-14(7-12(11)20-2)5-10(16)9-3-8(4-13-9)15(17)18/h3-4,11-13H,5-7H2,1-2H3. The number of nitro groups is 1. The number of Topliss-reactive ketones (excluding diaryl/α,β-unsaturated/α-hetero) is 1. The van der Waals surface area contributed by atoms with Gasteiger partial charge >= 0.3 is 0 Å². The Morgan fingerprint density at radius 3 is 2.50 bits per heavy atom. The monoisotopic (exact) mass is 283 g/mol. The van der Waals surface area contributed by atoms with Crippen molar-refractivity contribution in [1.82, 2.24) is 9.88 Å². The van der Waals surface area contributed by atoms with Gasteiger partial charge in [0.15, 0.2) is 5.78 Å². The predicted octanol–water partition coefficient (Wildman–Crippen LogP) is 0.451. The summed E-state index contributed by atoms with van der Waals surface area (Å²) in [5, 5.41) is 10.6. The zero-order valence-electron chi connectivity index (χ0n) is 11.4. The Bertz CT molecular complexity index is 489. The van der Waals surface area contributed by atoms with Gasteiger partial charge in [-0.1, -0.05) is 0 Å². The molecule has 1 aromatic rings. The number of nitrogens with zero attached hydrogens (tertiary/aromatic N) is 2. The molecular formula is C12H17N3O5. The summed E-state index contributed by atoms with van der Waals surface area (Å²) in [7, 11) is 3.21. The third kappa shape index (κ3) is 3.03. The van der Waals surface area contributed by atoms with Crippen molar-refractivity contribution in [3.8, 4) is 0 Å². The molecule has 2 unspecified atom stereocenters. The van der Waals surface area contributed by atoms with Crippen LogP contribution in [0.5, 0.6) is 0 Å². The van der Waals surface area contributed by atoms with Crippen molar-refractivity contribution in [3.05, 3.63) is 28.1 Å². The second-order valence-corrected chi connectivity index (χ2v) is 4.69. The van der Waals surface area contributed by atoms with E-state index in [1.165, 1.54) is 12.3 Å². The quantitative estimate of drug-likeness (QED) is 0.462. The number of carbonyl (C=O) groups excluding carboxylic acids is 1. The van der Waals surface area contributed by atoms with Gasteiger partial charge in [0, 0.05) is 33.4 Å². The molecule has 0 amide bonds. The number of H-pyrrole nitrogens is 1. The number of rotatable bonds is 6. The molecule has 1 aliphatic rings. The Morgan fingerprint density at radius 2 is 2.05 bits per heavy atom. The van der Waals surface area contributed by atoms with Crippen LogP contribution in [-0.2, 0) is 9.47 Å². The molecule has 0 bridgehead atoms. The first-order valence-corrected chi connectivity index (χ1v) is 6.19. The van der Waals surface area contributed by atoms with Gasteiger partial charge in [-0.05, 0) is 0 Å². The highest BCUT2D eigenvalue weighted by Crippen LogP contribution is 2.17. The van der Waals surface area contributed by atoms with E-state index in [0.29, 0.717) is 13.1 Å². The van der Waals surface area contributed by atoms with Crippen molar-refractivity contribution in [1.29, 1.82) is 0 Å². The molecule has 110 valence electrons. The van der Waals surface area contributed by atoms with Gasteiger partial charge in [0.25, 0.3) is 5.69 Å². The van der Waals surface area contributed by atoms with Crippen molar-refractivity contribution in [2.45, 2.75) is 12.2 Å². The molecule has 2 atom stereocenters. The minimum atomic E-state index is -0.537. The van der Waals surface area contributed by atoms with Crippen LogP contribution in [0.2, 0.25) is 0 Å². The average Bonchev–Trinajstić information content (AvgIpc) is 3.04. The van der Waals surface area contributed by atoms with Crippen molar-refractivity contribution in [3.63, 3.8) is 0 Å². The molecule has 2 rings (SSSR count). The lowest BCUT2D eigenvalue weighted by Gasteiger charge is -2.13. The van der Waals surface area contributed by atoms with E-state index in [-0.39, 0.29) is 35.9 Å². The Morgan fingerprint density at radius 1 is 1.45 bits per heavy atom. The maximum Gasteiger partial charge on any atom is 0.287 e. The Balaban J connectivity index is 1.96. The second-order valence-electron chi connectivity index (χ2n) is 4.69. The number of hydrogen-bond donors (Lipinski definition) is 1. The lowest BCUT2D eigenvalue weighted by Crippen LogP contribution is -2.29. The van der Waals surface area contributed by atoms with Gasteiger partial charge in [0.2, 0.25) is 0 Å². The number of ketones is 1. The Kier molecular flexibility index (Phi) is 4.48. The molecule has 1 aromatic heterocycles. The summed E-state index contributed by atoms with van der Waals surface area (Å²) in [5.41, 5.74) is 0.130. The van der Waals surface area contributed by atoms with E-state index in [1.54, 1.807) is 14.2 Å². The van der Waals surface area contributed by atoms with E-state index < -0.39 is 4.92 Å². The van der Waals surface area contributed by atoms with Crippen LogP contribution in [0, 0.1) is 10.1 Å². The second kappa shape index (κ2) is 6.12. The summed E-state index contributed by atoms with van der Waals surface area (Å²) < 4.78 is 10.6. The minimum Gasteiger partial charge on any atom is -0.377 e. The van der Waals surface area contributed by atoms with Gasteiger partial charge in [-0.2, -0.15) is 0 Å². The lowest BCUT2D eigenvalue weighted by atomic mass is 10.2. The third-order valence-corrected chi connectivity index (χ3v) is 3.44. The van der Waals surface area contributed by atoms with Gasteiger partial charge in [-0.15, -0.1) is 0 Å². The molecule has 0 spiro atoms. The number of aromatic amines is 1. The van der Waals surface area contributed by atoms with Crippen molar-refractivity contribution in [2.24, 2.45) is 0 Å². The molecular weight excluding hydrogens is 266 g/mol. The summed E-state index contributed by atoms with van der Waals surface area (Å²) in [6, 6.07) is 1.25. The predicted molar refractivity (Wildman–Crippen MR) is 69.8 cm³/mol. The van der Waals surface area contributed by atoms with Crippen LogP contribution in [-0.4, -0.2) is 66.7 Å². The summed E-state index contributed by atoms with van der Waals surface area (Å²) in [6.45, 7) is 1.38. The van der Waals surface area contributed by atoms with E-state index >= 15 is 0 Å². The molecule has 20 heavy (non-hydrogen) atoms. The first kappa shape index (κ1) is 14.6. The highest BCUT2D eigenvalue weighted by molar-refractivity contribution is 5.96. The minimum absolute atomic E-state index is 0.0641. The summed E-state index contributed by atoms with van der Waals surface area (Å²) in [6.07, 6.45) is 1.09. The highest BCUT2D eigenvalue weighted by Gasteiger charge is 2.34. The van der Waals surface area contributed by atoms with Crippen LogP contribution in [0.3, 0.4) is 0 Å². The van der Waals surface area contributed by atoms with E-state index in [2.05, 4.69) is 4.98 Å². The van der Waals surface area contributed by atoms with E-state index in [4.69, 9.17) is 9.47 Å². The number of carbonyl (C=O) groups is 1. The van der Waals surface area contributed by atoms with Crippen LogP contribution < -0.4 is 0 Å². The van der Waals surface area contributed by atoms with Gasteiger partial charge < -0.3 is 14.5 Å². The molecule has 2 heterocycles. The summed E-state index contributed by atoms with van der Waals surface area (Å²) in [5.74, 6) is -0.190. The molecule has 8 nitrogen and oxygen atoms in total. The average molecular weight is 283 g/mol. The topological polar surface area (TPSA) is 97.7 Å². The number of likely N-dealkylation sites (tertiary alicyclic amines) is 1. The normalized spacial score (nSPS) is 23.1. The van der Waals surface area contributed by atoms with Crippen molar-refractivity contribution < 1.29 is 19.2 Å². The number of hydrogen-bond acceptors (Lipinski definition) is 6. The molecule has 1 saturated heterocycles. The molecule has 0 saturated carbocycles. The molecule has 1 N–H and O–H groups in total. The van der Waals surface area contributed by atoms with Crippen LogP contribution in [0.4, 0.5) is 5.69 Å². The number of nitrogens with one attached hydrogen (secondary N) is 1. The molecule has 1 fully saturated rings. The molecule has 1 aliphatic heterocycles. The SMILES string of the molecule is COC1CN(CC(=O)c2cc([N+](=O)[O-])c[nH]2)CC1OC. The van der Waals surface area contributed by atoms with Crippen LogP contribution in [0.25, 0.3) is 0 Å². The van der Waals surface area contributed by atoms with E-state index in [9.17, 15) is 14.9 Å². The van der Waals surface area contributed by atoms with Crippen molar-refractivity contribution >= 4 is 11.5 Å². The van der Waals surface area contributed by atoms with Gasteiger partial charge in [-0.3, -0.25) is 19.8 Å². The fourth-order valence-electron chi connectivity index (χ4n) is 2.34. The first-order valence-electron chi connectivity index (χ1n) is 6.19. The van der Waals surface area contributed by atoms with E-state index in [1.807, 2.05) is 4.90 Å². The largest absolute Gasteiger partial charge is 0.377 e. The van der Waals surface area contributed by atoms with Gasteiger partial charge in [-0.25, -0.2) is 0 Å². The van der Waals surface area contributed by atoms with Gasteiger partial charge in [0.1, 0.15) is 0 Å². The summed E-state index contributed by atoms with van der Waals surface area (Å²) >= 11 is 0. The lowest BCUT2D eigenvalue weighted by molar-refractivity contribution is -0.384. The van der Waals surface area contributed by atoms with Crippen LogP contribution in [0.15, 0.2) is 12.3 Å². The van der Waals surface area contributed by atoms with Crippen LogP contribution in [0.1, 0.15) is 10.5 Å². The third-order valence-electron chi connectivity index (χ3n) is 3.44. The molecule has 0 aliphatic carbocycles. The smallest absolute Gasteiger partial charge is 0.287 e. The Labute approximate surface area is 115 Å². The number of ether oxygens (including phenoxy) is 2. The molecule has 8 heteroatoms. The van der Waals surface area contributed by atoms with Crippen molar-refractivity contribution in [2.75, 3.05) is 33.9 Å². The fraction of sp³-hybridized carbons (Fsp3) is 0.583. The van der Waals surface area contributed by atoms with Crippen LogP contribution >= 0.6 is 0 Å². The summed E-state index contributed by atoms with van der Waals surface area (Å²) in [4.78, 5) is 26.6. The zero-order valence-corrected chi connectivity index (χ0v) is 11.4. The number of aromatic nitrogens is 1. The number of methoxy groups -OCH3 is 2.